The fourth-order valence-corrected chi connectivity index (χ4v) is 5.21. The molecule has 2 aromatic carbocycles. The quantitative estimate of drug-likeness (QED) is 0.542. The van der Waals surface area contributed by atoms with Gasteiger partial charge in [0, 0.05) is 43.4 Å². The van der Waals surface area contributed by atoms with Crippen molar-refractivity contribution in [3.05, 3.63) is 84.2 Å². The van der Waals surface area contributed by atoms with E-state index in [1.54, 1.807) is 30.6 Å². The molecule has 1 fully saturated rings. The lowest BCUT2D eigenvalue weighted by atomic mass is 10.1. The van der Waals surface area contributed by atoms with Crippen molar-refractivity contribution in [1.29, 1.82) is 0 Å². The number of pyridine rings is 1. The number of hydrogen-bond acceptors (Lipinski definition) is 5. The molecule has 0 radical (unpaired) electrons. The summed E-state index contributed by atoms with van der Waals surface area (Å²) in [5.41, 5.74) is 3.31. The van der Waals surface area contributed by atoms with E-state index in [4.69, 9.17) is 0 Å². The number of carbonyl (C=O) groups is 1. The Hall–Kier alpha value is -3.39. The standard InChI is InChI=1S/C25H28N4O3S/c30-25(27-18-21-5-4-14-26-17-21)28-22-8-12-24(13-9-22)33(31,32)19-20-6-10-23(11-7-20)29-15-2-1-3-16-29/h4-14,17H,1-3,15-16,18-19H2,(H2,27,28,30). The molecule has 2 amide bonds. The zero-order chi connectivity index (χ0) is 23.1. The third kappa shape index (κ3) is 6.32. The second-order valence-corrected chi connectivity index (χ2v) is 10.2. The molecule has 3 aromatic rings. The van der Waals surface area contributed by atoms with Crippen LogP contribution in [0.4, 0.5) is 16.2 Å². The fourth-order valence-electron chi connectivity index (χ4n) is 3.86. The SMILES string of the molecule is O=C(NCc1cccnc1)Nc1ccc(S(=O)(=O)Cc2ccc(N3CCCCC3)cc2)cc1. The van der Waals surface area contributed by atoms with Crippen LogP contribution in [0.5, 0.6) is 0 Å². The normalized spacial score (nSPS) is 14.0. The van der Waals surface area contributed by atoms with Crippen molar-refractivity contribution >= 4 is 27.2 Å². The van der Waals surface area contributed by atoms with Gasteiger partial charge in [0.1, 0.15) is 0 Å². The first-order chi connectivity index (χ1) is 16.0. The molecule has 1 aliphatic rings. The van der Waals surface area contributed by atoms with Crippen LogP contribution in [0.25, 0.3) is 0 Å². The van der Waals surface area contributed by atoms with Gasteiger partial charge in [-0.15, -0.1) is 0 Å². The van der Waals surface area contributed by atoms with Gasteiger partial charge in [-0.05, 0) is 72.9 Å². The molecule has 33 heavy (non-hydrogen) atoms. The highest BCUT2D eigenvalue weighted by Crippen LogP contribution is 2.23. The first-order valence-electron chi connectivity index (χ1n) is 11.1. The molecule has 172 valence electrons. The minimum atomic E-state index is -3.49. The Kier molecular flexibility index (Phi) is 7.24. The number of aromatic nitrogens is 1. The number of piperidine rings is 1. The third-order valence-electron chi connectivity index (χ3n) is 5.66. The molecule has 2 N–H and O–H groups in total. The number of hydrogen-bond donors (Lipinski definition) is 2. The molecule has 1 saturated heterocycles. The molecule has 0 saturated carbocycles. The third-order valence-corrected chi connectivity index (χ3v) is 7.37. The Morgan fingerprint density at radius 2 is 1.64 bits per heavy atom. The summed E-state index contributed by atoms with van der Waals surface area (Å²) in [6, 6.07) is 17.3. The Bertz CT molecular complexity index is 1160. The summed E-state index contributed by atoms with van der Waals surface area (Å²) in [4.78, 5) is 18.7. The lowest BCUT2D eigenvalue weighted by Gasteiger charge is -2.28. The topological polar surface area (TPSA) is 91.4 Å². The van der Waals surface area contributed by atoms with Crippen LogP contribution in [0.15, 0.2) is 78.0 Å². The number of carbonyl (C=O) groups excluding carboxylic acids is 1. The predicted molar refractivity (Wildman–Crippen MR) is 130 cm³/mol. The highest BCUT2D eigenvalue weighted by molar-refractivity contribution is 7.90. The minimum absolute atomic E-state index is 0.0638. The van der Waals surface area contributed by atoms with Crippen molar-refractivity contribution in [2.75, 3.05) is 23.3 Å². The number of benzene rings is 2. The van der Waals surface area contributed by atoms with Crippen molar-refractivity contribution in [3.8, 4) is 0 Å². The van der Waals surface area contributed by atoms with Crippen molar-refractivity contribution in [1.82, 2.24) is 10.3 Å². The molecule has 8 heteroatoms. The number of urea groups is 1. The van der Waals surface area contributed by atoms with Gasteiger partial charge < -0.3 is 15.5 Å². The first-order valence-corrected chi connectivity index (χ1v) is 12.8. The lowest BCUT2D eigenvalue weighted by molar-refractivity contribution is 0.251. The number of nitrogens with zero attached hydrogens (tertiary/aromatic N) is 2. The summed E-state index contributed by atoms with van der Waals surface area (Å²) in [6.45, 7) is 2.46. The average molecular weight is 465 g/mol. The van der Waals surface area contributed by atoms with Crippen LogP contribution in [0.1, 0.15) is 30.4 Å². The molecule has 0 bridgehead atoms. The smallest absolute Gasteiger partial charge is 0.319 e. The maximum absolute atomic E-state index is 12.9. The molecular weight excluding hydrogens is 436 g/mol. The largest absolute Gasteiger partial charge is 0.372 e. The number of anilines is 2. The Labute approximate surface area is 194 Å². The molecule has 1 aromatic heterocycles. The van der Waals surface area contributed by atoms with E-state index >= 15 is 0 Å². The molecule has 0 spiro atoms. The van der Waals surface area contributed by atoms with Gasteiger partial charge in [-0.2, -0.15) is 0 Å². The van der Waals surface area contributed by atoms with E-state index in [2.05, 4.69) is 20.5 Å². The van der Waals surface area contributed by atoms with Crippen molar-refractivity contribution in [2.45, 2.75) is 36.5 Å². The second kappa shape index (κ2) is 10.5. The summed E-state index contributed by atoms with van der Waals surface area (Å²) in [7, 11) is -3.49. The summed E-state index contributed by atoms with van der Waals surface area (Å²) < 4.78 is 25.7. The van der Waals surface area contributed by atoms with Gasteiger partial charge in [0.15, 0.2) is 9.84 Å². The van der Waals surface area contributed by atoms with Gasteiger partial charge in [0.2, 0.25) is 0 Å². The number of rotatable bonds is 7. The molecular formula is C25H28N4O3S. The van der Waals surface area contributed by atoms with E-state index in [-0.39, 0.29) is 16.7 Å². The second-order valence-electron chi connectivity index (χ2n) is 8.17. The van der Waals surface area contributed by atoms with Gasteiger partial charge in [-0.25, -0.2) is 13.2 Å². The van der Waals surface area contributed by atoms with Crippen LogP contribution < -0.4 is 15.5 Å². The van der Waals surface area contributed by atoms with E-state index in [1.165, 1.54) is 31.4 Å². The van der Waals surface area contributed by atoms with E-state index in [1.807, 2.05) is 30.3 Å². The summed E-state index contributed by atoms with van der Waals surface area (Å²) in [5, 5.41) is 5.45. The van der Waals surface area contributed by atoms with Gasteiger partial charge in [0.25, 0.3) is 0 Å². The molecule has 0 unspecified atom stereocenters. The number of amides is 2. The summed E-state index contributed by atoms with van der Waals surface area (Å²) in [6.07, 6.45) is 7.03. The highest BCUT2D eigenvalue weighted by Gasteiger charge is 2.17. The average Bonchev–Trinajstić information content (AvgIpc) is 2.84. The first kappa shape index (κ1) is 22.8. The summed E-state index contributed by atoms with van der Waals surface area (Å²) >= 11 is 0. The van der Waals surface area contributed by atoms with E-state index < -0.39 is 9.84 Å². The van der Waals surface area contributed by atoms with Crippen LogP contribution >= 0.6 is 0 Å². The molecule has 1 aliphatic heterocycles. The maximum Gasteiger partial charge on any atom is 0.319 e. The minimum Gasteiger partial charge on any atom is -0.372 e. The molecule has 7 nitrogen and oxygen atoms in total. The van der Waals surface area contributed by atoms with Crippen molar-refractivity contribution in [3.63, 3.8) is 0 Å². The van der Waals surface area contributed by atoms with Crippen LogP contribution in [-0.4, -0.2) is 32.5 Å². The van der Waals surface area contributed by atoms with Crippen LogP contribution in [0.2, 0.25) is 0 Å². The van der Waals surface area contributed by atoms with Crippen LogP contribution in [0.3, 0.4) is 0 Å². The molecule has 0 aliphatic carbocycles. The van der Waals surface area contributed by atoms with E-state index in [0.717, 1.165) is 29.9 Å². The Morgan fingerprint density at radius 3 is 2.30 bits per heavy atom. The fraction of sp³-hybridized carbons (Fsp3) is 0.280. The maximum atomic E-state index is 12.9. The number of sulfone groups is 1. The van der Waals surface area contributed by atoms with Crippen LogP contribution in [0, 0.1) is 0 Å². The molecule has 0 atom stereocenters. The van der Waals surface area contributed by atoms with E-state index in [0.29, 0.717) is 12.2 Å². The van der Waals surface area contributed by atoms with Gasteiger partial charge in [-0.1, -0.05) is 18.2 Å². The number of nitrogens with one attached hydrogen (secondary N) is 2. The van der Waals surface area contributed by atoms with Crippen molar-refractivity contribution < 1.29 is 13.2 Å². The molecule has 4 rings (SSSR count). The van der Waals surface area contributed by atoms with Crippen molar-refractivity contribution in [2.24, 2.45) is 0 Å². The van der Waals surface area contributed by atoms with Gasteiger partial charge >= 0.3 is 6.03 Å². The van der Waals surface area contributed by atoms with Crippen LogP contribution in [-0.2, 0) is 22.1 Å². The summed E-state index contributed by atoms with van der Waals surface area (Å²) in [5.74, 6) is -0.0638. The van der Waals surface area contributed by atoms with E-state index in [9.17, 15) is 13.2 Å². The zero-order valence-electron chi connectivity index (χ0n) is 18.4. The molecule has 2 heterocycles. The predicted octanol–water partition coefficient (Wildman–Crippen LogP) is 4.37. The monoisotopic (exact) mass is 464 g/mol. The zero-order valence-corrected chi connectivity index (χ0v) is 19.2. The highest BCUT2D eigenvalue weighted by atomic mass is 32.2. The van der Waals surface area contributed by atoms with Gasteiger partial charge in [0.05, 0.1) is 10.6 Å². The Morgan fingerprint density at radius 1 is 0.909 bits per heavy atom. The Balaban J connectivity index is 1.33. The van der Waals surface area contributed by atoms with Gasteiger partial charge in [-0.3, -0.25) is 4.98 Å². The lowest BCUT2D eigenvalue weighted by Crippen LogP contribution is -2.29.